The number of likely N-dealkylation sites (tertiary alicyclic amines) is 2. The van der Waals surface area contributed by atoms with E-state index >= 15 is 0 Å². The molecule has 0 bridgehead atoms. The van der Waals surface area contributed by atoms with Gasteiger partial charge in [-0.1, -0.05) is 43.7 Å². The molecule has 0 aromatic heterocycles. The van der Waals surface area contributed by atoms with Crippen LogP contribution in [0, 0.1) is 11.8 Å². The Balaban J connectivity index is 1.47. The highest BCUT2D eigenvalue weighted by molar-refractivity contribution is 5.80. The van der Waals surface area contributed by atoms with Crippen LogP contribution in [0.2, 0.25) is 0 Å². The third kappa shape index (κ3) is 6.19. The second kappa shape index (κ2) is 11.6. The summed E-state index contributed by atoms with van der Waals surface area (Å²) in [6, 6.07) is 11.1. The zero-order chi connectivity index (χ0) is 20.5. The van der Waals surface area contributed by atoms with Crippen LogP contribution in [0.1, 0.15) is 44.1 Å². The molecular formula is C24H40N4O. The van der Waals surface area contributed by atoms with Gasteiger partial charge in [0.2, 0.25) is 0 Å². The summed E-state index contributed by atoms with van der Waals surface area (Å²) < 4.78 is 5.21. The molecule has 2 heterocycles. The van der Waals surface area contributed by atoms with E-state index in [2.05, 4.69) is 57.4 Å². The Morgan fingerprint density at radius 1 is 1.14 bits per heavy atom. The molecule has 0 aliphatic carbocycles. The van der Waals surface area contributed by atoms with Crippen molar-refractivity contribution in [3.63, 3.8) is 0 Å². The van der Waals surface area contributed by atoms with Crippen LogP contribution in [0.15, 0.2) is 35.3 Å². The lowest BCUT2D eigenvalue weighted by Gasteiger charge is -2.40. The summed E-state index contributed by atoms with van der Waals surface area (Å²) in [6.07, 6.45) is 4.96. The van der Waals surface area contributed by atoms with Crippen LogP contribution in [0.3, 0.4) is 0 Å². The molecule has 2 fully saturated rings. The first-order chi connectivity index (χ1) is 14.2. The van der Waals surface area contributed by atoms with Crippen LogP contribution in [0.4, 0.5) is 0 Å². The van der Waals surface area contributed by atoms with Gasteiger partial charge in [-0.15, -0.1) is 0 Å². The molecule has 0 saturated carbocycles. The van der Waals surface area contributed by atoms with Crippen molar-refractivity contribution in [2.75, 3.05) is 60.0 Å². The molecule has 29 heavy (non-hydrogen) atoms. The third-order valence-electron chi connectivity index (χ3n) is 6.87. The van der Waals surface area contributed by atoms with Gasteiger partial charge in [-0.2, -0.15) is 0 Å². The molecule has 1 N–H and O–H groups in total. The monoisotopic (exact) mass is 400 g/mol. The molecule has 0 amide bonds. The van der Waals surface area contributed by atoms with E-state index in [-0.39, 0.29) is 0 Å². The largest absolute Gasteiger partial charge is 0.383 e. The summed E-state index contributed by atoms with van der Waals surface area (Å²) in [5, 5.41) is 3.70. The second-order valence-electron chi connectivity index (χ2n) is 8.63. The number of nitrogens with one attached hydrogen (secondary N) is 1. The summed E-state index contributed by atoms with van der Waals surface area (Å²) in [7, 11) is 3.72. The molecule has 0 radical (unpaired) electrons. The van der Waals surface area contributed by atoms with Crippen molar-refractivity contribution < 1.29 is 4.74 Å². The lowest BCUT2D eigenvalue weighted by atomic mass is 9.79. The SMILES string of the molecule is CCC1CN(C(=NC)NCC2CCN(CCOC)CC2)CCC1c1ccccc1. The molecule has 2 atom stereocenters. The summed E-state index contributed by atoms with van der Waals surface area (Å²) in [5.74, 6) is 3.20. The van der Waals surface area contributed by atoms with Gasteiger partial charge in [0.15, 0.2) is 5.96 Å². The molecule has 2 aliphatic rings. The summed E-state index contributed by atoms with van der Waals surface area (Å²) >= 11 is 0. The van der Waals surface area contributed by atoms with E-state index in [1.165, 1.54) is 44.3 Å². The van der Waals surface area contributed by atoms with E-state index in [0.29, 0.717) is 11.8 Å². The van der Waals surface area contributed by atoms with Gasteiger partial charge in [0.25, 0.3) is 0 Å². The fraction of sp³-hybridized carbons (Fsp3) is 0.708. The maximum atomic E-state index is 5.21. The smallest absolute Gasteiger partial charge is 0.193 e. The standard InChI is InChI=1S/C24H40N4O/c1-4-21-19-28(15-12-23(21)22-8-6-5-7-9-22)24(25-2)26-18-20-10-13-27(14-11-20)16-17-29-3/h5-9,20-21,23H,4,10-19H2,1-3H3,(H,25,26). The van der Waals surface area contributed by atoms with Crippen LogP contribution >= 0.6 is 0 Å². The van der Waals surface area contributed by atoms with Crippen molar-refractivity contribution in [1.82, 2.24) is 15.1 Å². The van der Waals surface area contributed by atoms with E-state index in [4.69, 9.17) is 4.74 Å². The van der Waals surface area contributed by atoms with Crippen LogP contribution in [-0.2, 0) is 4.74 Å². The van der Waals surface area contributed by atoms with Crippen molar-refractivity contribution >= 4 is 5.96 Å². The van der Waals surface area contributed by atoms with Gasteiger partial charge in [0.05, 0.1) is 6.61 Å². The zero-order valence-corrected chi connectivity index (χ0v) is 18.6. The molecule has 3 rings (SSSR count). The summed E-state index contributed by atoms with van der Waals surface area (Å²) in [6.45, 7) is 9.85. The second-order valence-corrected chi connectivity index (χ2v) is 8.63. The third-order valence-corrected chi connectivity index (χ3v) is 6.87. The highest BCUT2D eigenvalue weighted by atomic mass is 16.5. The minimum Gasteiger partial charge on any atom is -0.383 e. The summed E-state index contributed by atoms with van der Waals surface area (Å²) in [5.41, 5.74) is 1.50. The Labute approximate surface area is 177 Å². The average molecular weight is 401 g/mol. The van der Waals surface area contributed by atoms with E-state index in [1.54, 1.807) is 7.11 Å². The van der Waals surface area contributed by atoms with Crippen molar-refractivity contribution in [3.05, 3.63) is 35.9 Å². The van der Waals surface area contributed by atoms with Gasteiger partial charge < -0.3 is 19.9 Å². The molecular weight excluding hydrogens is 360 g/mol. The first-order valence-electron chi connectivity index (χ1n) is 11.5. The molecule has 1 aromatic rings. The maximum Gasteiger partial charge on any atom is 0.193 e. The van der Waals surface area contributed by atoms with Gasteiger partial charge in [0, 0.05) is 40.3 Å². The zero-order valence-electron chi connectivity index (χ0n) is 18.6. The molecule has 5 nitrogen and oxygen atoms in total. The van der Waals surface area contributed by atoms with Crippen LogP contribution in [0.5, 0.6) is 0 Å². The number of guanidine groups is 1. The van der Waals surface area contributed by atoms with E-state index < -0.39 is 0 Å². The predicted molar refractivity (Wildman–Crippen MR) is 122 cm³/mol. The van der Waals surface area contributed by atoms with Gasteiger partial charge in [-0.3, -0.25) is 4.99 Å². The van der Waals surface area contributed by atoms with Gasteiger partial charge >= 0.3 is 0 Å². The van der Waals surface area contributed by atoms with Gasteiger partial charge in [-0.05, 0) is 55.7 Å². The Kier molecular flexibility index (Phi) is 8.81. The highest BCUT2D eigenvalue weighted by Crippen LogP contribution is 2.34. The Hall–Kier alpha value is -1.59. The lowest BCUT2D eigenvalue weighted by molar-refractivity contribution is 0.120. The van der Waals surface area contributed by atoms with Gasteiger partial charge in [-0.25, -0.2) is 0 Å². The molecule has 1 aromatic carbocycles. The Morgan fingerprint density at radius 3 is 2.55 bits per heavy atom. The number of hydrogen-bond donors (Lipinski definition) is 1. The fourth-order valence-corrected chi connectivity index (χ4v) is 4.98. The molecule has 2 aliphatic heterocycles. The van der Waals surface area contributed by atoms with E-state index in [1.807, 2.05) is 7.05 Å². The number of nitrogens with zero attached hydrogens (tertiary/aromatic N) is 3. The Bertz CT molecular complexity index is 613. The molecule has 0 spiro atoms. The van der Waals surface area contributed by atoms with Crippen LogP contribution in [-0.4, -0.2) is 75.8 Å². The van der Waals surface area contributed by atoms with Gasteiger partial charge in [0.1, 0.15) is 0 Å². The van der Waals surface area contributed by atoms with Crippen molar-refractivity contribution in [2.45, 2.75) is 38.5 Å². The number of benzene rings is 1. The lowest BCUT2D eigenvalue weighted by Crippen LogP contribution is -2.50. The Morgan fingerprint density at radius 2 is 1.90 bits per heavy atom. The maximum absolute atomic E-state index is 5.21. The fourth-order valence-electron chi connectivity index (χ4n) is 4.98. The number of hydrogen-bond acceptors (Lipinski definition) is 3. The van der Waals surface area contributed by atoms with Crippen LogP contribution < -0.4 is 5.32 Å². The normalized spacial score (nSPS) is 24.7. The first kappa shape index (κ1) is 22.1. The quantitative estimate of drug-likeness (QED) is 0.562. The molecule has 2 saturated heterocycles. The minimum atomic E-state index is 0.673. The summed E-state index contributed by atoms with van der Waals surface area (Å²) in [4.78, 5) is 9.63. The van der Waals surface area contributed by atoms with Crippen molar-refractivity contribution in [1.29, 1.82) is 0 Å². The molecule has 162 valence electrons. The number of aliphatic imine (C=N–C) groups is 1. The molecule has 5 heteroatoms. The van der Waals surface area contributed by atoms with Crippen LogP contribution in [0.25, 0.3) is 0 Å². The highest BCUT2D eigenvalue weighted by Gasteiger charge is 2.30. The minimum absolute atomic E-state index is 0.673. The van der Waals surface area contributed by atoms with Crippen molar-refractivity contribution in [3.8, 4) is 0 Å². The first-order valence-corrected chi connectivity index (χ1v) is 11.5. The molecule has 2 unspecified atom stereocenters. The topological polar surface area (TPSA) is 40.1 Å². The predicted octanol–water partition coefficient (Wildman–Crippen LogP) is 3.44. The number of piperidine rings is 2. The van der Waals surface area contributed by atoms with Crippen molar-refractivity contribution in [2.24, 2.45) is 16.8 Å². The number of methoxy groups -OCH3 is 1. The van der Waals surface area contributed by atoms with E-state index in [0.717, 1.165) is 44.7 Å². The average Bonchev–Trinajstić information content (AvgIpc) is 2.79. The number of ether oxygens (including phenoxy) is 1. The number of rotatable bonds is 7. The van der Waals surface area contributed by atoms with E-state index in [9.17, 15) is 0 Å².